The lowest BCUT2D eigenvalue weighted by molar-refractivity contribution is -0.701. The van der Waals surface area contributed by atoms with Gasteiger partial charge in [0.15, 0.2) is 6.20 Å². The molecule has 0 atom stereocenters. The third kappa shape index (κ3) is 23.1. The quantitative estimate of drug-likeness (QED) is 0.0934. The first-order valence-corrected chi connectivity index (χ1v) is 15.5. The zero-order chi connectivity index (χ0) is 28.2. The number of hydrogen-bond donors (Lipinski definition) is 2. The molecule has 0 bridgehead atoms. The van der Waals surface area contributed by atoms with Gasteiger partial charge in [-0.1, -0.05) is 103 Å². The van der Waals surface area contributed by atoms with Crippen LogP contribution in [-0.2, 0) is 27.3 Å². The van der Waals surface area contributed by atoms with Crippen molar-refractivity contribution < 1.29 is 52.3 Å². The molecule has 0 spiro atoms. The first kappa shape index (κ1) is 38.4. The highest BCUT2D eigenvalue weighted by Gasteiger charge is 2.09. The Morgan fingerprint density at radius 2 is 1.18 bits per heavy atom. The summed E-state index contributed by atoms with van der Waals surface area (Å²) in [5, 5.41) is 5.52. The summed E-state index contributed by atoms with van der Waals surface area (Å²) in [4.78, 5) is 23.5. The molecule has 0 fully saturated rings. The standard InChI is InChI=1S/C31H55N3O5.HI/c1-3-5-6-7-8-9-10-11-12-13-14-15-16-17-19-22-32-30(35)38-26-24-37-25-27-39-31(36)33-28-29-21-18-20-23-34(29)4-2;/h18,20-21,23H,3-17,19,22,24-28H2,1-2H3,(H-,32,33,35,36);1H. The minimum absolute atomic E-state index is 0. The molecule has 0 radical (unpaired) electrons. The Balaban J connectivity index is 0.0000152. The van der Waals surface area contributed by atoms with Crippen molar-refractivity contribution in [2.24, 2.45) is 0 Å². The molecule has 9 heteroatoms. The second-order valence-electron chi connectivity index (χ2n) is 10.1. The van der Waals surface area contributed by atoms with Gasteiger partial charge in [-0.2, -0.15) is 0 Å². The topological polar surface area (TPSA) is 89.8 Å². The number of aromatic nitrogens is 1. The number of nitrogens with one attached hydrogen (secondary N) is 2. The molecule has 0 unspecified atom stereocenters. The summed E-state index contributed by atoms with van der Waals surface area (Å²) in [5.74, 6) is 0. The second-order valence-corrected chi connectivity index (χ2v) is 10.1. The van der Waals surface area contributed by atoms with Crippen molar-refractivity contribution in [3.8, 4) is 0 Å². The van der Waals surface area contributed by atoms with E-state index in [0.29, 0.717) is 13.1 Å². The van der Waals surface area contributed by atoms with E-state index in [1.807, 2.05) is 31.3 Å². The van der Waals surface area contributed by atoms with Crippen LogP contribution in [0.25, 0.3) is 0 Å². The Morgan fingerprint density at radius 1 is 0.675 bits per heavy atom. The van der Waals surface area contributed by atoms with Crippen LogP contribution in [0.3, 0.4) is 0 Å². The van der Waals surface area contributed by atoms with Gasteiger partial charge in [0.2, 0.25) is 5.69 Å². The van der Waals surface area contributed by atoms with Crippen molar-refractivity contribution >= 4 is 12.2 Å². The maximum Gasteiger partial charge on any atom is 0.407 e. The fraction of sp³-hybridized carbons (Fsp3) is 0.774. The summed E-state index contributed by atoms with van der Waals surface area (Å²) in [6, 6.07) is 5.85. The highest BCUT2D eigenvalue weighted by atomic mass is 127. The van der Waals surface area contributed by atoms with Gasteiger partial charge in [0, 0.05) is 18.7 Å². The number of aryl methyl sites for hydroxylation is 1. The molecular formula is C31H56IN3O5. The van der Waals surface area contributed by atoms with Crippen LogP contribution < -0.4 is 39.2 Å². The van der Waals surface area contributed by atoms with Gasteiger partial charge in [-0.3, -0.25) is 0 Å². The molecule has 232 valence electrons. The molecule has 2 N–H and O–H groups in total. The van der Waals surface area contributed by atoms with Crippen LogP contribution in [0.5, 0.6) is 0 Å². The van der Waals surface area contributed by atoms with E-state index < -0.39 is 12.2 Å². The average molecular weight is 678 g/mol. The highest BCUT2D eigenvalue weighted by molar-refractivity contribution is 5.67. The van der Waals surface area contributed by atoms with Crippen molar-refractivity contribution in [1.29, 1.82) is 0 Å². The van der Waals surface area contributed by atoms with Crippen LogP contribution in [0.2, 0.25) is 0 Å². The predicted octanol–water partition coefficient (Wildman–Crippen LogP) is 3.84. The molecule has 8 nitrogen and oxygen atoms in total. The van der Waals surface area contributed by atoms with E-state index in [2.05, 4.69) is 22.1 Å². The van der Waals surface area contributed by atoms with Crippen LogP contribution >= 0.6 is 0 Å². The fourth-order valence-electron chi connectivity index (χ4n) is 4.42. The molecular weight excluding hydrogens is 621 g/mol. The lowest BCUT2D eigenvalue weighted by atomic mass is 10.0. The Hall–Kier alpha value is -1.62. The molecule has 0 aliphatic rings. The van der Waals surface area contributed by atoms with Crippen molar-refractivity contribution in [3.63, 3.8) is 0 Å². The van der Waals surface area contributed by atoms with Gasteiger partial charge in [-0.05, 0) is 13.3 Å². The Morgan fingerprint density at radius 3 is 1.70 bits per heavy atom. The lowest BCUT2D eigenvalue weighted by Gasteiger charge is -2.09. The molecule has 1 rings (SSSR count). The minimum atomic E-state index is -0.487. The number of alkyl carbamates (subject to hydrolysis) is 2. The molecule has 0 aliphatic carbocycles. The van der Waals surface area contributed by atoms with Crippen molar-refractivity contribution in [3.05, 3.63) is 30.1 Å². The number of carbonyl (C=O) groups is 2. The molecule has 0 aromatic carbocycles. The number of pyridine rings is 1. The number of carbonyl (C=O) groups excluding carboxylic acids is 2. The van der Waals surface area contributed by atoms with Crippen LogP contribution in [-0.4, -0.2) is 45.2 Å². The van der Waals surface area contributed by atoms with E-state index >= 15 is 0 Å². The number of unbranched alkanes of at least 4 members (excludes halogenated alkanes) is 14. The van der Waals surface area contributed by atoms with E-state index in [4.69, 9.17) is 14.2 Å². The molecule has 1 aromatic rings. The maximum absolute atomic E-state index is 11.8. The first-order valence-electron chi connectivity index (χ1n) is 15.5. The average Bonchev–Trinajstić information content (AvgIpc) is 2.95. The summed E-state index contributed by atoms with van der Waals surface area (Å²) in [6.07, 6.45) is 21.0. The Labute approximate surface area is 260 Å². The summed E-state index contributed by atoms with van der Waals surface area (Å²) < 4.78 is 17.6. The SMILES string of the molecule is CCCCCCCCCCCCCCCCCNC(=O)OCCOCCOC(=O)NCc1cccc[n+]1CC.[I-]. The zero-order valence-electron chi connectivity index (χ0n) is 25.2. The fourth-order valence-corrected chi connectivity index (χ4v) is 4.42. The third-order valence-corrected chi connectivity index (χ3v) is 6.76. The monoisotopic (exact) mass is 677 g/mol. The zero-order valence-corrected chi connectivity index (χ0v) is 27.4. The van der Waals surface area contributed by atoms with E-state index in [1.165, 1.54) is 83.5 Å². The molecule has 1 heterocycles. The van der Waals surface area contributed by atoms with Gasteiger partial charge in [0.05, 0.1) is 13.2 Å². The van der Waals surface area contributed by atoms with Gasteiger partial charge >= 0.3 is 12.2 Å². The number of amides is 2. The van der Waals surface area contributed by atoms with E-state index in [0.717, 1.165) is 25.1 Å². The van der Waals surface area contributed by atoms with Crippen molar-refractivity contribution in [1.82, 2.24) is 10.6 Å². The number of rotatable bonds is 25. The highest BCUT2D eigenvalue weighted by Crippen LogP contribution is 2.13. The largest absolute Gasteiger partial charge is 1.00 e. The Bertz CT molecular complexity index is 739. The van der Waals surface area contributed by atoms with Crippen molar-refractivity contribution in [2.45, 2.75) is 123 Å². The number of nitrogens with zero attached hydrogens (tertiary/aromatic N) is 1. The lowest BCUT2D eigenvalue weighted by Crippen LogP contribution is -3.00. The summed E-state index contributed by atoms with van der Waals surface area (Å²) in [7, 11) is 0. The van der Waals surface area contributed by atoms with E-state index in [9.17, 15) is 9.59 Å². The Kier molecular flexibility index (Phi) is 27.7. The normalized spacial score (nSPS) is 10.6. The molecule has 2 amide bonds. The van der Waals surface area contributed by atoms with Gasteiger partial charge in [0.1, 0.15) is 26.3 Å². The van der Waals surface area contributed by atoms with Crippen LogP contribution in [0, 0.1) is 0 Å². The van der Waals surface area contributed by atoms with Gasteiger partial charge in [0.25, 0.3) is 0 Å². The summed E-state index contributed by atoms with van der Waals surface area (Å²) in [6.45, 7) is 7.01. The molecule has 40 heavy (non-hydrogen) atoms. The number of halogens is 1. The van der Waals surface area contributed by atoms with Crippen LogP contribution in [0.15, 0.2) is 24.4 Å². The first-order chi connectivity index (χ1) is 19.2. The minimum Gasteiger partial charge on any atom is -1.00 e. The van der Waals surface area contributed by atoms with Crippen LogP contribution in [0.1, 0.15) is 116 Å². The van der Waals surface area contributed by atoms with Crippen LogP contribution in [0.4, 0.5) is 9.59 Å². The maximum atomic E-state index is 11.8. The summed E-state index contributed by atoms with van der Waals surface area (Å²) in [5.41, 5.74) is 1.00. The van der Waals surface area contributed by atoms with E-state index in [-0.39, 0.29) is 50.4 Å². The van der Waals surface area contributed by atoms with Gasteiger partial charge in [-0.15, -0.1) is 0 Å². The third-order valence-electron chi connectivity index (χ3n) is 6.76. The predicted molar refractivity (Wildman–Crippen MR) is 156 cm³/mol. The molecule has 0 saturated heterocycles. The van der Waals surface area contributed by atoms with Gasteiger partial charge < -0.3 is 48.8 Å². The number of ether oxygens (including phenoxy) is 3. The van der Waals surface area contributed by atoms with Crippen molar-refractivity contribution in [2.75, 3.05) is 33.0 Å². The number of hydrogen-bond acceptors (Lipinski definition) is 5. The second kappa shape index (κ2) is 28.9. The molecule has 0 saturated carbocycles. The molecule has 1 aromatic heterocycles. The molecule has 0 aliphatic heterocycles. The summed E-state index contributed by atoms with van der Waals surface area (Å²) >= 11 is 0. The smallest absolute Gasteiger partial charge is 0.407 e. The van der Waals surface area contributed by atoms with Gasteiger partial charge in [-0.25, -0.2) is 14.2 Å². The van der Waals surface area contributed by atoms with E-state index in [1.54, 1.807) is 0 Å².